The predicted octanol–water partition coefficient (Wildman–Crippen LogP) is -0.00200. The third-order valence-corrected chi connectivity index (χ3v) is 1.78. The molecule has 0 aromatic carbocycles. The van der Waals surface area contributed by atoms with Crippen LogP contribution in [-0.4, -0.2) is 45.7 Å². The summed E-state index contributed by atoms with van der Waals surface area (Å²) in [7, 11) is 0. The van der Waals surface area contributed by atoms with Gasteiger partial charge in [0.25, 0.3) is 0 Å². The van der Waals surface area contributed by atoms with Crippen molar-refractivity contribution in [2.45, 2.75) is 45.0 Å². The molecule has 0 saturated heterocycles. The molecule has 0 aromatic rings. The molecule has 0 radical (unpaired) electrons. The van der Waals surface area contributed by atoms with Gasteiger partial charge in [0, 0.05) is 6.42 Å². The van der Waals surface area contributed by atoms with E-state index in [1.807, 2.05) is 0 Å². The van der Waals surface area contributed by atoms with E-state index in [9.17, 15) is 4.79 Å². The van der Waals surface area contributed by atoms with Crippen LogP contribution in [0.2, 0.25) is 0 Å². The Morgan fingerprint density at radius 3 is 2.14 bits per heavy atom. The Morgan fingerprint density at radius 2 is 1.86 bits per heavy atom. The van der Waals surface area contributed by atoms with Crippen LogP contribution in [0.25, 0.3) is 0 Å². The Balaban J connectivity index is 4.32. The Labute approximate surface area is 83.3 Å². The van der Waals surface area contributed by atoms with Gasteiger partial charge in [-0.25, -0.2) is 4.79 Å². The average molecular weight is 206 g/mol. The summed E-state index contributed by atoms with van der Waals surface area (Å²) in [4.78, 5) is 10.9. The standard InChI is InChI=1S/C9H18O5/c1-6(10)4-9(3,8(12)13)14-5-7(2)11/h6-7,10-11H,4-5H2,1-3H3,(H,12,13). The Hall–Kier alpha value is -0.650. The van der Waals surface area contributed by atoms with Crippen molar-refractivity contribution in [3.05, 3.63) is 0 Å². The largest absolute Gasteiger partial charge is 0.479 e. The first-order valence-electron chi connectivity index (χ1n) is 4.51. The Morgan fingerprint density at radius 1 is 1.36 bits per heavy atom. The van der Waals surface area contributed by atoms with Crippen molar-refractivity contribution >= 4 is 5.97 Å². The average Bonchev–Trinajstić information content (AvgIpc) is 1.99. The highest BCUT2D eigenvalue weighted by Crippen LogP contribution is 2.18. The van der Waals surface area contributed by atoms with Gasteiger partial charge in [0.05, 0.1) is 18.8 Å². The molecule has 3 unspecified atom stereocenters. The number of aliphatic hydroxyl groups is 2. The molecule has 5 heteroatoms. The van der Waals surface area contributed by atoms with Crippen molar-refractivity contribution in [3.8, 4) is 0 Å². The number of hydrogen-bond donors (Lipinski definition) is 3. The molecule has 0 rings (SSSR count). The molecule has 0 amide bonds. The summed E-state index contributed by atoms with van der Waals surface area (Å²) in [6.45, 7) is 4.32. The maximum Gasteiger partial charge on any atom is 0.335 e. The summed E-state index contributed by atoms with van der Waals surface area (Å²) < 4.78 is 5.05. The molecule has 3 N–H and O–H groups in total. The van der Waals surface area contributed by atoms with Gasteiger partial charge in [0.1, 0.15) is 0 Å². The van der Waals surface area contributed by atoms with Crippen molar-refractivity contribution in [1.29, 1.82) is 0 Å². The van der Waals surface area contributed by atoms with E-state index in [0.717, 1.165) is 0 Å². The van der Waals surface area contributed by atoms with E-state index < -0.39 is 23.8 Å². The molecule has 3 atom stereocenters. The number of aliphatic carboxylic acids is 1. The molecule has 0 aliphatic carbocycles. The van der Waals surface area contributed by atoms with Gasteiger partial charge in [-0.2, -0.15) is 0 Å². The lowest BCUT2D eigenvalue weighted by molar-refractivity contribution is -0.170. The van der Waals surface area contributed by atoms with Gasteiger partial charge >= 0.3 is 5.97 Å². The molecule has 0 aliphatic rings. The summed E-state index contributed by atoms with van der Waals surface area (Å²) >= 11 is 0. The van der Waals surface area contributed by atoms with Crippen LogP contribution in [0.1, 0.15) is 27.2 Å². The zero-order valence-electron chi connectivity index (χ0n) is 8.73. The highest BCUT2D eigenvalue weighted by Gasteiger charge is 2.35. The zero-order chi connectivity index (χ0) is 11.4. The normalized spacial score (nSPS) is 19.8. The van der Waals surface area contributed by atoms with Crippen LogP contribution < -0.4 is 0 Å². The van der Waals surface area contributed by atoms with Gasteiger partial charge in [-0.05, 0) is 20.8 Å². The molecule has 0 fully saturated rings. The minimum absolute atomic E-state index is 0.00491. The van der Waals surface area contributed by atoms with Crippen LogP contribution in [0.5, 0.6) is 0 Å². The number of carboxylic acid groups (broad SMARTS) is 1. The van der Waals surface area contributed by atoms with E-state index in [2.05, 4.69) is 0 Å². The fraction of sp³-hybridized carbons (Fsp3) is 0.889. The van der Waals surface area contributed by atoms with Gasteiger partial charge in [-0.15, -0.1) is 0 Å². The molecule has 0 aliphatic heterocycles. The van der Waals surface area contributed by atoms with E-state index in [0.29, 0.717) is 0 Å². The second kappa shape index (κ2) is 5.29. The molecule has 0 heterocycles. The number of hydrogen-bond acceptors (Lipinski definition) is 4. The van der Waals surface area contributed by atoms with Crippen LogP contribution in [0, 0.1) is 0 Å². The van der Waals surface area contributed by atoms with Gasteiger partial charge < -0.3 is 20.1 Å². The summed E-state index contributed by atoms with van der Waals surface area (Å²) in [6.07, 6.45) is -1.48. The van der Waals surface area contributed by atoms with E-state index in [4.69, 9.17) is 20.1 Å². The van der Waals surface area contributed by atoms with Crippen LogP contribution in [0.3, 0.4) is 0 Å². The number of carbonyl (C=O) groups is 1. The first kappa shape index (κ1) is 13.4. The van der Waals surface area contributed by atoms with E-state index in [1.54, 1.807) is 0 Å². The van der Waals surface area contributed by atoms with Crippen LogP contribution in [-0.2, 0) is 9.53 Å². The third-order valence-electron chi connectivity index (χ3n) is 1.78. The lowest BCUT2D eigenvalue weighted by atomic mass is 9.99. The summed E-state index contributed by atoms with van der Waals surface area (Å²) in [5.74, 6) is -1.14. The van der Waals surface area contributed by atoms with Crippen molar-refractivity contribution in [3.63, 3.8) is 0 Å². The highest BCUT2D eigenvalue weighted by atomic mass is 16.5. The van der Waals surface area contributed by atoms with Crippen LogP contribution >= 0.6 is 0 Å². The maximum absolute atomic E-state index is 10.9. The highest BCUT2D eigenvalue weighted by molar-refractivity contribution is 5.76. The lowest BCUT2D eigenvalue weighted by Gasteiger charge is -2.27. The molecule has 0 bridgehead atoms. The topological polar surface area (TPSA) is 87.0 Å². The molecule has 0 spiro atoms. The van der Waals surface area contributed by atoms with E-state index in [1.165, 1.54) is 20.8 Å². The molecule has 0 saturated carbocycles. The SMILES string of the molecule is CC(O)COC(C)(CC(C)O)C(=O)O. The third kappa shape index (κ3) is 4.55. The summed E-state index contributed by atoms with van der Waals surface area (Å²) in [5, 5.41) is 26.9. The van der Waals surface area contributed by atoms with E-state index in [-0.39, 0.29) is 13.0 Å². The monoisotopic (exact) mass is 206 g/mol. The fourth-order valence-electron chi connectivity index (χ4n) is 1.08. The first-order chi connectivity index (χ1) is 6.28. The van der Waals surface area contributed by atoms with Crippen LogP contribution in [0.15, 0.2) is 0 Å². The first-order valence-corrected chi connectivity index (χ1v) is 4.51. The second-order valence-electron chi connectivity index (χ2n) is 3.75. The zero-order valence-corrected chi connectivity index (χ0v) is 8.73. The van der Waals surface area contributed by atoms with Crippen molar-refractivity contribution in [2.24, 2.45) is 0 Å². The smallest absolute Gasteiger partial charge is 0.335 e. The van der Waals surface area contributed by atoms with Gasteiger partial charge in [0.2, 0.25) is 0 Å². The number of rotatable bonds is 6. The quantitative estimate of drug-likeness (QED) is 0.569. The second-order valence-corrected chi connectivity index (χ2v) is 3.75. The minimum Gasteiger partial charge on any atom is -0.479 e. The molecule has 84 valence electrons. The predicted molar refractivity (Wildman–Crippen MR) is 50.0 cm³/mol. The molecule has 14 heavy (non-hydrogen) atoms. The number of carboxylic acids is 1. The van der Waals surface area contributed by atoms with Gasteiger partial charge in [-0.3, -0.25) is 0 Å². The number of aliphatic hydroxyl groups excluding tert-OH is 2. The van der Waals surface area contributed by atoms with Gasteiger partial charge in [-0.1, -0.05) is 0 Å². The molecule has 0 aromatic heterocycles. The molecular weight excluding hydrogens is 188 g/mol. The van der Waals surface area contributed by atoms with Crippen molar-refractivity contribution < 1.29 is 24.9 Å². The lowest BCUT2D eigenvalue weighted by Crippen LogP contribution is -2.42. The Bertz CT molecular complexity index is 190. The summed E-state index contributed by atoms with van der Waals surface area (Å²) in [6, 6.07) is 0. The maximum atomic E-state index is 10.9. The minimum atomic E-state index is -1.44. The van der Waals surface area contributed by atoms with Gasteiger partial charge in [0.15, 0.2) is 5.60 Å². The van der Waals surface area contributed by atoms with E-state index >= 15 is 0 Å². The van der Waals surface area contributed by atoms with Crippen LogP contribution in [0.4, 0.5) is 0 Å². The number of ether oxygens (including phenoxy) is 1. The summed E-state index contributed by atoms with van der Waals surface area (Å²) in [5.41, 5.74) is -1.44. The Kier molecular flexibility index (Phi) is 5.04. The molecule has 5 nitrogen and oxygen atoms in total. The fourth-order valence-corrected chi connectivity index (χ4v) is 1.08. The van der Waals surface area contributed by atoms with Crippen molar-refractivity contribution in [1.82, 2.24) is 0 Å². The molecular formula is C9H18O5. The van der Waals surface area contributed by atoms with Crippen molar-refractivity contribution in [2.75, 3.05) is 6.61 Å².